The molecule has 0 unspecified atom stereocenters. The van der Waals surface area contributed by atoms with E-state index in [0.717, 1.165) is 19.3 Å². The van der Waals surface area contributed by atoms with Crippen molar-refractivity contribution < 1.29 is 23.2 Å². The van der Waals surface area contributed by atoms with Gasteiger partial charge in [-0.3, -0.25) is 0 Å². The molecule has 1 aliphatic rings. The van der Waals surface area contributed by atoms with Gasteiger partial charge in [-0.05, 0) is 31.6 Å². The highest BCUT2D eigenvalue weighted by Gasteiger charge is 2.40. The van der Waals surface area contributed by atoms with Crippen LogP contribution >= 0.6 is 0 Å². The summed E-state index contributed by atoms with van der Waals surface area (Å²) in [6.07, 6.45) is -1.13. The van der Waals surface area contributed by atoms with E-state index in [9.17, 15) is 18.0 Å². The zero-order valence-corrected chi connectivity index (χ0v) is 11.8. The fraction of sp³-hybridized carbons (Fsp3) is 0.833. The van der Waals surface area contributed by atoms with Crippen molar-refractivity contribution in [2.24, 2.45) is 16.8 Å². The van der Waals surface area contributed by atoms with Crippen LogP contribution < -0.4 is 16.4 Å². The molecule has 9 heteroatoms. The smallest absolute Gasteiger partial charge is 0.405 e. The minimum atomic E-state index is -4.49. The van der Waals surface area contributed by atoms with Crippen molar-refractivity contribution in [3.63, 3.8) is 0 Å². The largest absolute Gasteiger partial charge is 0.409 e. The molecule has 0 aliphatic heterocycles. The number of nitrogens with zero attached hydrogens (tertiary/aromatic N) is 1. The van der Waals surface area contributed by atoms with Crippen LogP contribution in [0.2, 0.25) is 0 Å². The van der Waals surface area contributed by atoms with Crippen LogP contribution in [0.1, 0.15) is 39.0 Å². The molecular weight excluding hydrogens is 289 g/mol. The molecule has 6 nitrogen and oxygen atoms in total. The summed E-state index contributed by atoms with van der Waals surface area (Å²) in [5.74, 6) is 0.295. The van der Waals surface area contributed by atoms with Crippen LogP contribution in [0.15, 0.2) is 5.16 Å². The topological polar surface area (TPSA) is 99.7 Å². The maximum Gasteiger partial charge on any atom is 0.405 e. The molecule has 2 amide bonds. The summed E-state index contributed by atoms with van der Waals surface area (Å²) in [7, 11) is 0. The fourth-order valence-corrected chi connectivity index (χ4v) is 2.56. The molecule has 1 saturated carbocycles. The third kappa shape index (κ3) is 4.98. The lowest BCUT2D eigenvalue weighted by atomic mass is 9.75. The van der Waals surface area contributed by atoms with Gasteiger partial charge in [-0.2, -0.15) is 13.2 Å². The Morgan fingerprint density at radius 1 is 1.43 bits per heavy atom. The lowest BCUT2D eigenvalue weighted by Gasteiger charge is -2.39. The Morgan fingerprint density at radius 3 is 2.43 bits per heavy atom. The highest BCUT2D eigenvalue weighted by Crippen LogP contribution is 2.34. The number of rotatable bonds is 4. The second-order valence-electron chi connectivity index (χ2n) is 5.34. The molecule has 5 N–H and O–H groups in total. The normalized spacial score (nSPS) is 27.2. The Morgan fingerprint density at radius 2 is 2.00 bits per heavy atom. The number of alkyl halides is 3. The number of halogens is 3. The molecule has 0 heterocycles. The standard InChI is InChI=1S/C12H21F3N4O2/c1-2-8-3-5-11(6-4-8,9(16)19-21)18-10(20)17-7-12(13,14)15/h8,21H,2-7H2,1H3,(H2,16,19)(H2,17,18,20). The first kappa shape index (κ1) is 17.4. The average molecular weight is 310 g/mol. The number of nitrogens with one attached hydrogen (secondary N) is 2. The number of hydrogen-bond acceptors (Lipinski definition) is 3. The van der Waals surface area contributed by atoms with Gasteiger partial charge in [-0.15, -0.1) is 0 Å². The summed E-state index contributed by atoms with van der Waals surface area (Å²) in [4.78, 5) is 11.6. The minimum Gasteiger partial charge on any atom is -0.409 e. The number of hydrogen-bond donors (Lipinski definition) is 4. The maximum absolute atomic E-state index is 12.1. The molecule has 0 aromatic carbocycles. The van der Waals surface area contributed by atoms with Gasteiger partial charge in [0.05, 0.1) is 0 Å². The SMILES string of the molecule is CCC1CCC(NC(=O)NCC(F)(F)F)(C(N)=NO)CC1. The first-order valence-electron chi connectivity index (χ1n) is 6.83. The molecule has 21 heavy (non-hydrogen) atoms. The first-order valence-corrected chi connectivity index (χ1v) is 6.83. The second-order valence-corrected chi connectivity index (χ2v) is 5.34. The predicted octanol–water partition coefficient (Wildman–Crippen LogP) is 1.93. The number of oxime groups is 1. The average Bonchev–Trinajstić information content (AvgIpc) is 2.44. The Hall–Kier alpha value is -1.67. The number of amidine groups is 1. The number of carbonyl (C=O) groups excluding carboxylic acids is 1. The van der Waals surface area contributed by atoms with Gasteiger partial charge in [0.25, 0.3) is 0 Å². The summed E-state index contributed by atoms with van der Waals surface area (Å²) >= 11 is 0. The number of amides is 2. The summed E-state index contributed by atoms with van der Waals surface area (Å²) < 4.78 is 36.2. The van der Waals surface area contributed by atoms with Gasteiger partial charge in [0.1, 0.15) is 12.1 Å². The van der Waals surface area contributed by atoms with Gasteiger partial charge in [-0.25, -0.2) is 4.79 Å². The molecule has 0 saturated heterocycles. The van der Waals surface area contributed by atoms with E-state index in [0.29, 0.717) is 18.8 Å². The Bertz CT molecular complexity index is 390. The van der Waals surface area contributed by atoms with E-state index in [-0.39, 0.29) is 5.84 Å². The monoisotopic (exact) mass is 310 g/mol. The molecule has 0 bridgehead atoms. The lowest BCUT2D eigenvalue weighted by molar-refractivity contribution is -0.122. The Balaban J connectivity index is 2.70. The highest BCUT2D eigenvalue weighted by atomic mass is 19.4. The number of urea groups is 1. The van der Waals surface area contributed by atoms with Gasteiger partial charge in [0.15, 0.2) is 5.84 Å². The van der Waals surface area contributed by atoms with Crippen LogP contribution in [-0.2, 0) is 0 Å². The van der Waals surface area contributed by atoms with Crippen LogP contribution in [-0.4, -0.2) is 35.3 Å². The molecule has 122 valence electrons. The zero-order chi connectivity index (χ0) is 16.1. The quantitative estimate of drug-likeness (QED) is 0.276. The third-order valence-electron chi connectivity index (χ3n) is 3.94. The van der Waals surface area contributed by atoms with Crippen molar-refractivity contribution >= 4 is 11.9 Å². The van der Waals surface area contributed by atoms with E-state index < -0.39 is 24.3 Å². The van der Waals surface area contributed by atoms with Crippen LogP contribution in [0.3, 0.4) is 0 Å². The van der Waals surface area contributed by atoms with Gasteiger partial charge >= 0.3 is 12.2 Å². The summed E-state index contributed by atoms with van der Waals surface area (Å²) in [6.45, 7) is 0.618. The summed E-state index contributed by atoms with van der Waals surface area (Å²) in [5, 5.41) is 16.0. The zero-order valence-electron chi connectivity index (χ0n) is 11.8. The number of nitrogens with two attached hydrogens (primary N) is 1. The molecular formula is C12H21F3N4O2. The van der Waals surface area contributed by atoms with Crippen molar-refractivity contribution in [3.8, 4) is 0 Å². The molecule has 0 aromatic rings. The van der Waals surface area contributed by atoms with Crippen molar-refractivity contribution in [2.45, 2.75) is 50.7 Å². The van der Waals surface area contributed by atoms with Gasteiger partial charge < -0.3 is 21.6 Å². The molecule has 1 fully saturated rings. The van der Waals surface area contributed by atoms with Crippen molar-refractivity contribution in [1.82, 2.24) is 10.6 Å². The highest BCUT2D eigenvalue weighted by molar-refractivity contribution is 5.93. The van der Waals surface area contributed by atoms with Crippen LogP contribution in [0.25, 0.3) is 0 Å². The Kier molecular flexibility index (Phi) is 5.68. The van der Waals surface area contributed by atoms with Gasteiger partial charge in [-0.1, -0.05) is 18.5 Å². The maximum atomic E-state index is 12.1. The van der Waals surface area contributed by atoms with Crippen molar-refractivity contribution in [2.75, 3.05) is 6.54 Å². The van der Waals surface area contributed by atoms with E-state index in [4.69, 9.17) is 10.9 Å². The van der Waals surface area contributed by atoms with Gasteiger partial charge in [0.2, 0.25) is 0 Å². The molecule has 0 aromatic heterocycles. The summed E-state index contributed by atoms with van der Waals surface area (Å²) in [6, 6.07) is -0.978. The molecule has 1 aliphatic carbocycles. The van der Waals surface area contributed by atoms with E-state index >= 15 is 0 Å². The first-order chi connectivity index (χ1) is 9.72. The molecule has 0 radical (unpaired) electrons. The van der Waals surface area contributed by atoms with E-state index in [2.05, 4.69) is 10.5 Å². The Labute approximate surface area is 120 Å². The summed E-state index contributed by atoms with van der Waals surface area (Å²) in [5.41, 5.74) is 4.55. The molecule has 1 rings (SSSR count). The van der Waals surface area contributed by atoms with Crippen LogP contribution in [0.4, 0.5) is 18.0 Å². The lowest BCUT2D eigenvalue weighted by Crippen LogP contribution is -2.61. The van der Waals surface area contributed by atoms with E-state index in [1.54, 1.807) is 5.32 Å². The minimum absolute atomic E-state index is 0.181. The van der Waals surface area contributed by atoms with Crippen molar-refractivity contribution in [3.05, 3.63) is 0 Å². The predicted molar refractivity (Wildman–Crippen MR) is 71.0 cm³/mol. The van der Waals surface area contributed by atoms with E-state index in [1.165, 1.54) is 0 Å². The van der Waals surface area contributed by atoms with Crippen LogP contribution in [0.5, 0.6) is 0 Å². The van der Waals surface area contributed by atoms with Gasteiger partial charge in [0, 0.05) is 0 Å². The molecule has 0 atom stereocenters. The van der Waals surface area contributed by atoms with E-state index in [1.807, 2.05) is 6.92 Å². The fourth-order valence-electron chi connectivity index (χ4n) is 2.56. The number of carbonyl (C=O) groups is 1. The van der Waals surface area contributed by atoms with Crippen molar-refractivity contribution in [1.29, 1.82) is 0 Å². The third-order valence-corrected chi connectivity index (χ3v) is 3.94. The second kappa shape index (κ2) is 6.86. The van der Waals surface area contributed by atoms with Crippen LogP contribution in [0, 0.1) is 5.92 Å². The molecule has 0 spiro atoms.